The van der Waals surface area contributed by atoms with Gasteiger partial charge in [0.2, 0.25) is 0 Å². The van der Waals surface area contributed by atoms with E-state index in [-0.39, 0.29) is 0 Å². The zero-order valence-corrected chi connectivity index (χ0v) is 12.1. The predicted octanol–water partition coefficient (Wildman–Crippen LogP) is 3.47. The third-order valence-electron chi connectivity index (χ3n) is 5.73. The van der Waals surface area contributed by atoms with Gasteiger partial charge in [-0.05, 0) is 61.7 Å². The minimum atomic E-state index is 0.673. The summed E-state index contributed by atoms with van der Waals surface area (Å²) in [5, 5.41) is 8.75. The summed E-state index contributed by atoms with van der Waals surface area (Å²) in [6, 6.07) is 0. The Labute approximate surface area is 115 Å². The van der Waals surface area contributed by atoms with E-state index in [1.165, 1.54) is 37.9 Å². The van der Waals surface area contributed by atoms with Crippen LogP contribution in [0.15, 0.2) is 6.33 Å². The molecule has 1 aromatic rings. The Balaban J connectivity index is 1.64. The Morgan fingerprint density at radius 3 is 2.32 bits per heavy atom. The number of hydrogen-bond acceptors (Lipinski definition) is 2. The van der Waals surface area contributed by atoms with Crippen molar-refractivity contribution in [3.63, 3.8) is 0 Å². The maximum absolute atomic E-state index is 4.53. The molecule has 4 aliphatic rings. The average molecular weight is 259 g/mol. The number of aromatic nitrogens is 3. The molecule has 0 aliphatic heterocycles. The van der Waals surface area contributed by atoms with Gasteiger partial charge >= 0.3 is 0 Å². The lowest BCUT2D eigenvalue weighted by Gasteiger charge is -2.54. The smallest absolute Gasteiger partial charge is 0.136 e. The second kappa shape index (κ2) is 4.32. The van der Waals surface area contributed by atoms with Crippen LogP contribution in [-0.2, 0) is 6.54 Å². The Morgan fingerprint density at radius 2 is 1.74 bits per heavy atom. The van der Waals surface area contributed by atoms with Crippen LogP contribution in [-0.4, -0.2) is 14.8 Å². The first kappa shape index (κ1) is 11.9. The summed E-state index contributed by atoms with van der Waals surface area (Å²) in [5.41, 5.74) is 0. The Kier molecular flexibility index (Phi) is 2.71. The fourth-order valence-corrected chi connectivity index (χ4v) is 5.40. The quantitative estimate of drug-likeness (QED) is 0.832. The molecule has 0 saturated heterocycles. The van der Waals surface area contributed by atoms with Crippen LogP contribution in [0.25, 0.3) is 0 Å². The highest BCUT2D eigenvalue weighted by molar-refractivity contribution is 5.11. The van der Waals surface area contributed by atoms with E-state index in [1.807, 2.05) is 6.33 Å². The summed E-state index contributed by atoms with van der Waals surface area (Å²) in [5.74, 6) is 6.60. The predicted molar refractivity (Wildman–Crippen MR) is 74.6 cm³/mol. The van der Waals surface area contributed by atoms with Crippen LogP contribution in [0.2, 0.25) is 0 Å². The van der Waals surface area contributed by atoms with Gasteiger partial charge in [-0.25, -0.2) is 0 Å². The largest absolute Gasteiger partial charge is 0.317 e. The molecular formula is C16H25N3. The van der Waals surface area contributed by atoms with Gasteiger partial charge in [-0.2, -0.15) is 0 Å². The maximum atomic E-state index is 4.53. The molecule has 0 atom stereocenters. The first-order valence-corrected chi connectivity index (χ1v) is 8.08. The molecule has 3 nitrogen and oxygen atoms in total. The van der Waals surface area contributed by atoms with Crippen molar-refractivity contribution in [3.8, 4) is 0 Å². The normalized spacial score (nSPS) is 40.3. The summed E-state index contributed by atoms with van der Waals surface area (Å²) in [6.45, 7) is 5.63. The Hall–Kier alpha value is -0.860. The highest BCUT2D eigenvalue weighted by atomic mass is 15.3. The van der Waals surface area contributed by atoms with Gasteiger partial charge in [-0.3, -0.25) is 0 Å². The zero-order chi connectivity index (χ0) is 13.0. The lowest BCUT2D eigenvalue weighted by atomic mass is 9.51. The molecule has 19 heavy (non-hydrogen) atoms. The van der Waals surface area contributed by atoms with Gasteiger partial charge in [0, 0.05) is 12.5 Å². The minimum Gasteiger partial charge on any atom is -0.317 e. The first-order valence-electron chi connectivity index (χ1n) is 8.08. The van der Waals surface area contributed by atoms with Crippen molar-refractivity contribution in [1.82, 2.24) is 14.8 Å². The molecule has 0 unspecified atom stereocenters. The molecule has 1 heterocycles. The highest BCUT2D eigenvalue weighted by Crippen LogP contribution is 2.59. The van der Waals surface area contributed by atoms with Crippen LogP contribution in [0.1, 0.15) is 57.7 Å². The molecule has 104 valence electrons. The molecule has 5 rings (SSSR count). The fourth-order valence-electron chi connectivity index (χ4n) is 5.40. The van der Waals surface area contributed by atoms with Crippen molar-refractivity contribution in [2.45, 2.75) is 58.4 Å². The summed E-state index contributed by atoms with van der Waals surface area (Å²) >= 11 is 0. The zero-order valence-electron chi connectivity index (χ0n) is 12.1. The molecule has 0 N–H and O–H groups in total. The monoisotopic (exact) mass is 259 g/mol. The van der Waals surface area contributed by atoms with Crippen molar-refractivity contribution >= 4 is 0 Å². The lowest BCUT2D eigenvalue weighted by molar-refractivity contribution is -0.00703. The van der Waals surface area contributed by atoms with Crippen molar-refractivity contribution in [3.05, 3.63) is 12.2 Å². The molecule has 3 heteroatoms. The van der Waals surface area contributed by atoms with Crippen molar-refractivity contribution in [2.24, 2.45) is 29.6 Å². The third kappa shape index (κ3) is 1.93. The van der Waals surface area contributed by atoms with E-state index in [4.69, 9.17) is 0 Å². The van der Waals surface area contributed by atoms with E-state index >= 15 is 0 Å². The maximum Gasteiger partial charge on any atom is 0.136 e. The van der Waals surface area contributed by atoms with Gasteiger partial charge in [0.25, 0.3) is 0 Å². The topological polar surface area (TPSA) is 30.7 Å². The SMILES string of the molecule is CC(C)Cn1cnnc1C1C2CC3CC(C2)CC1C3. The molecule has 4 saturated carbocycles. The highest BCUT2D eigenvalue weighted by Gasteiger charge is 2.50. The van der Waals surface area contributed by atoms with Crippen molar-refractivity contribution in [2.75, 3.05) is 0 Å². The Bertz CT molecular complexity index is 434. The second-order valence-corrected chi connectivity index (χ2v) is 7.69. The molecule has 0 radical (unpaired) electrons. The molecule has 0 aromatic carbocycles. The van der Waals surface area contributed by atoms with Gasteiger partial charge in [0.05, 0.1) is 0 Å². The van der Waals surface area contributed by atoms with Gasteiger partial charge < -0.3 is 4.57 Å². The average Bonchev–Trinajstić information content (AvgIpc) is 2.75. The fraction of sp³-hybridized carbons (Fsp3) is 0.875. The number of nitrogens with zero attached hydrogens (tertiary/aromatic N) is 3. The van der Waals surface area contributed by atoms with Gasteiger partial charge in [-0.15, -0.1) is 10.2 Å². The van der Waals surface area contributed by atoms with Crippen LogP contribution in [0.4, 0.5) is 0 Å². The van der Waals surface area contributed by atoms with Gasteiger partial charge in [0.1, 0.15) is 12.2 Å². The number of hydrogen-bond donors (Lipinski definition) is 0. The standard InChI is InChI=1S/C16H25N3/c1-10(2)8-19-9-17-18-16(19)15-13-4-11-3-12(6-13)7-14(15)5-11/h9-15H,3-8H2,1-2H3. The van der Waals surface area contributed by atoms with E-state index in [0.29, 0.717) is 11.8 Å². The summed E-state index contributed by atoms with van der Waals surface area (Å²) < 4.78 is 2.34. The van der Waals surface area contributed by atoms with E-state index in [0.717, 1.165) is 30.2 Å². The minimum absolute atomic E-state index is 0.673. The Morgan fingerprint density at radius 1 is 1.11 bits per heavy atom. The van der Waals surface area contributed by atoms with Gasteiger partial charge in [-0.1, -0.05) is 13.8 Å². The van der Waals surface area contributed by atoms with Crippen LogP contribution < -0.4 is 0 Å². The molecule has 0 amide bonds. The van der Waals surface area contributed by atoms with Crippen LogP contribution in [0.3, 0.4) is 0 Å². The van der Waals surface area contributed by atoms with E-state index < -0.39 is 0 Å². The first-order chi connectivity index (χ1) is 9.20. The molecule has 0 spiro atoms. The van der Waals surface area contributed by atoms with Gasteiger partial charge in [0.15, 0.2) is 0 Å². The lowest BCUT2D eigenvalue weighted by Crippen LogP contribution is -2.44. The number of rotatable bonds is 3. The van der Waals surface area contributed by atoms with Crippen LogP contribution in [0, 0.1) is 29.6 Å². The van der Waals surface area contributed by atoms with E-state index in [9.17, 15) is 0 Å². The van der Waals surface area contributed by atoms with E-state index in [1.54, 1.807) is 0 Å². The van der Waals surface area contributed by atoms with Crippen LogP contribution >= 0.6 is 0 Å². The molecule has 4 aliphatic carbocycles. The molecule has 1 aromatic heterocycles. The van der Waals surface area contributed by atoms with E-state index in [2.05, 4.69) is 28.6 Å². The van der Waals surface area contributed by atoms with Crippen molar-refractivity contribution in [1.29, 1.82) is 0 Å². The second-order valence-electron chi connectivity index (χ2n) is 7.69. The summed E-state index contributed by atoms with van der Waals surface area (Å²) in [7, 11) is 0. The summed E-state index contributed by atoms with van der Waals surface area (Å²) in [4.78, 5) is 0. The molecule has 4 bridgehead atoms. The summed E-state index contributed by atoms with van der Waals surface area (Å²) in [6.07, 6.45) is 9.34. The third-order valence-corrected chi connectivity index (χ3v) is 5.73. The van der Waals surface area contributed by atoms with Crippen molar-refractivity contribution < 1.29 is 0 Å². The molecular weight excluding hydrogens is 234 g/mol. The molecule has 4 fully saturated rings. The van der Waals surface area contributed by atoms with Crippen LogP contribution in [0.5, 0.6) is 0 Å².